The summed E-state index contributed by atoms with van der Waals surface area (Å²) in [5.41, 5.74) is 1.18. The lowest BCUT2D eigenvalue weighted by Crippen LogP contribution is -2.36. The third kappa shape index (κ3) is 3.80. The monoisotopic (exact) mass is 364 g/mol. The Morgan fingerprint density at radius 2 is 1.81 bits per heavy atom. The number of nitrogens with zero attached hydrogens (tertiary/aromatic N) is 4. The van der Waals surface area contributed by atoms with Crippen LogP contribution in [-0.4, -0.2) is 48.0 Å². The van der Waals surface area contributed by atoms with Crippen LogP contribution in [0.1, 0.15) is 6.42 Å². The van der Waals surface area contributed by atoms with Crippen LogP contribution >= 0.6 is 0 Å². The van der Waals surface area contributed by atoms with E-state index >= 15 is 0 Å². The van der Waals surface area contributed by atoms with Gasteiger partial charge in [0.05, 0.1) is 25.4 Å². The summed E-state index contributed by atoms with van der Waals surface area (Å²) < 4.78 is 6.82. The van der Waals surface area contributed by atoms with Crippen molar-refractivity contribution < 1.29 is 4.74 Å². The minimum absolute atomic E-state index is 0.0237. The first-order chi connectivity index (χ1) is 13.2. The van der Waals surface area contributed by atoms with Crippen molar-refractivity contribution in [2.24, 2.45) is 0 Å². The van der Waals surface area contributed by atoms with Gasteiger partial charge in [0.25, 0.3) is 5.56 Å². The average Bonchev–Trinajstić information content (AvgIpc) is 2.96. The Labute approximate surface area is 158 Å². The molecule has 1 aromatic heterocycles. The third-order valence-electron chi connectivity index (χ3n) is 5.12. The van der Waals surface area contributed by atoms with Gasteiger partial charge in [-0.05, 0) is 36.8 Å². The summed E-state index contributed by atoms with van der Waals surface area (Å²) in [5, 5.41) is 5.98. The van der Waals surface area contributed by atoms with Crippen molar-refractivity contribution in [2.45, 2.75) is 13.1 Å². The van der Waals surface area contributed by atoms with Crippen molar-refractivity contribution in [3.63, 3.8) is 0 Å². The molecule has 0 aliphatic carbocycles. The second kappa shape index (κ2) is 7.80. The average molecular weight is 364 g/mol. The Kier molecular flexibility index (Phi) is 5.07. The van der Waals surface area contributed by atoms with Crippen molar-refractivity contribution in [3.05, 3.63) is 65.1 Å². The highest BCUT2D eigenvalue weighted by atomic mass is 16.5. The van der Waals surface area contributed by atoms with Gasteiger partial charge >= 0.3 is 0 Å². The molecule has 1 fully saturated rings. The number of ether oxygens (including phenoxy) is 1. The molecule has 1 aliphatic heterocycles. The molecule has 6 heteroatoms. The van der Waals surface area contributed by atoms with Gasteiger partial charge in [0.15, 0.2) is 0 Å². The molecular weight excluding hydrogens is 340 g/mol. The lowest BCUT2D eigenvalue weighted by molar-refractivity contribution is 0.217. The van der Waals surface area contributed by atoms with Gasteiger partial charge in [0.2, 0.25) is 0 Å². The predicted molar refractivity (Wildman–Crippen MR) is 107 cm³/mol. The van der Waals surface area contributed by atoms with Gasteiger partial charge in [-0.2, -0.15) is 5.10 Å². The number of rotatable bonds is 4. The molecule has 4 rings (SSSR count). The van der Waals surface area contributed by atoms with Crippen LogP contribution in [0.5, 0.6) is 5.75 Å². The summed E-state index contributed by atoms with van der Waals surface area (Å²) in [4.78, 5) is 17.4. The van der Waals surface area contributed by atoms with Crippen molar-refractivity contribution in [1.82, 2.24) is 14.7 Å². The highest BCUT2D eigenvalue weighted by molar-refractivity contribution is 5.80. The van der Waals surface area contributed by atoms with Crippen molar-refractivity contribution in [3.8, 4) is 5.75 Å². The van der Waals surface area contributed by atoms with E-state index in [2.05, 4.69) is 27.0 Å². The van der Waals surface area contributed by atoms with E-state index in [0.717, 1.165) is 49.1 Å². The van der Waals surface area contributed by atoms with Crippen LogP contribution in [0.3, 0.4) is 0 Å². The number of hydrogen-bond acceptors (Lipinski definition) is 5. The highest BCUT2D eigenvalue weighted by Crippen LogP contribution is 2.20. The maximum atomic E-state index is 12.7. The van der Waals surface area contributed by atoms with E-state index in [9.17, 15) is 4.79 Å². The normalized spacial score (nSPS) is 15.7. The number of aromatic nitrogens is 2. The van der Waals surface area contributed by atoms with E-state index in [0.29, 0.717) is 6.67 Å². The molecule has 3 aromatic rings. The molecule has 0 bridgehead atoms. The fourth-order valence-electron chi connectivity index (χ4n) is 3.58. The predicted octanol–water partition coefficient (Wildman–Crippen LogP) is 2.57. The van der Waals surface area contributed by atoms with Crippen LogP contribution in [-0.2, 0) is 6.67 Å². The van der Waals surface area contributed by atoms with Gasteiger partial charge < -0.3 is 9.64 Å². The molecule has 140 valence electrons. The molecule has 0 radical (unpaired) electrons. The Bertz CT molecular complexity index is 968. The van der Waals surface area contributed by atoms with E-state index in [1.165, 1.54) is 5.69 Å². The molecule has 2 aromatic carbocycles. The molecule has 0 amide bonds. The molecular formula is C21H24N4O2. The summed E-state index contributed by atoms with van der Waals surface area (Å²) >= 11 is 0. The van der Waals surface area contributed by atoms with E-state index in [-0.39, 0.29) is 5.56 Å². The molecule has 0 atom stereocenters. The SMILES string of the molecule is COc1ccc(N2CCCN(Cn3ncc4ccccc4c3=O)CC2)cc1. The first-order valence-electron chi connectivity index (χ1n) is 9.31. The fourth-order valence-corrected chi connectivity index (χ4v) is 3.58. The van der Waals surface area contributed by atoms with Crippen LogP contribution < -0.4 is 15.2 Å². The zero-order chi connectivity index (χ0) is 18.6. The molecule has 1 saturated heterocycles. The standard InChI is InChI=1S/C21H24N4O2/c1-27-19-9-7-18(8-10-19)24-12-4-11-23(13-14-24)16-25-21(26)20-6-3-2-5-17(20)15-22-25/h2-3,5-10,15H,4,11-14,16H2,1H3. The summed E-state index contributed by atoms with van der Waals surface area (Å²) in [5.74, 6) is 0.872. The number of methoxy groups -OCH3 is 1. The van der Waals surface area contributed by atoms with Gasteiger partial charge in [0, 0.05) is 37.3 Å². The lowest BCUT2D eigenvalue weighted by Gasteiger charge is -2.24. The van der Waals surface area contributed by atoms with E-state index < -0.39 is 0 Å². The molecule has 0 N–H and O–H groups in total. The smallest absolute Gasteiger partial charge is 0.275 e. The zero-order valence-corrected chi connectivity index (χ0v) is 15.5. The number of hydrogen-bond donors (Lipinski definition) is 0. The topological polar surface area (TPSA) is 50.6 Å². The molecule has 1 aliphatic rings. The quantitative estimate of drug-likeness (QED) is 0.712. The highest BCUT2D eigenvalue weighted by Gasteiger charge is 2.16. The Balaban J connectivity index is 1.45. The van der Waals surface area contributed by atoms with Crippen LogP contribution in [0.2, 0.25) is 0 Å². The zero-order valence-electron chi connectivity index (χ0n) is 15.5. The maximum Gasteiger partial charge on any atom is 0.275 e. The van der Waals surface area contributed by atoms with Gasteiger partial charge in [-0.3, -0.25) is 9.69 Å². The van der Waals surface area contributed by atoms with Gasteiger partial charge in [-0.1, -0.05) is 18.2 Å². The second-order valence-corrected chi connectivity index (χ2v) is 6.83. The summed E-state index contributed by atoms with van der Waals surface area (Å²) in [6.07, 6.45) is 2.83. The molecule has 6 nitrogen and oxygen atoms in total. The first kappa shape index (κ1) is 17.5. The summed E-state index contributed by atoms with van der Waals surface area (Å²) in [6, 6.07) is 15.8. The third-order valence-corrected chi connectivity index (χ3v) is 5.12. The van der Waals surface area contributed by atoms with Crippen LogP contribution in [0.15, 0.2) is 59.5 Å². The number of benzene rings is 2. The van der Waals surface area contributed by atoms with E-state index in [1.54, 1.807) is 18.0 Å². The Morgan fingerprint density at radius 1 is 1.00 bits per heavy atom. The van der Waals surface area contributed by atoms with E-state index in [4.69, 9.17) is 4.74 Å². The minimum Gasteiger partial charge on any atom is -0.497 e. The van der Waals surface area contributed by atoms with E-state index in [1.807, 2.05) is 36.4 Å². The van der Waals surface area contributed by atoms with Gasteiger partial charge in [-0.15, -0.1) is 0 Å². The first-order valence-corrected chi connectivity index (χ1v) is 9.31. The fraction of sp³-hybridized carbons (Fsp3) is 0.333. The molecule has 0 spiro atoms. The largest absolute Gasteiger partial charge is 0.497 e. The van der Waals surface area contributed by atoms with Gasteiger partial charge in [0.1, 0.15) is 5.75 Å². The molecule has 2 heterocycles. The van der Waals surface area contributed by atoms with Crippen LogP contribution in [0.25, 0.3) is 10.8 Å². The molecule has 0 saturated carbocycles. The van der Waals surface area contributed by atoms with Gasteiger partial charge in [-0.25, -0.2) is 4.68 Å². The maximum absolute atomic E-state index is 12.7. The molecule has 0 unspecified atom stereocenters. The molecule has 27 heavy (non-hydrogen) atoms. The Hall–Kier alpha value is -2.86. The summed E-state index contributed by atoms with van der Waals surface area (Å²) in [7, 11) is 1.68. The van der Waals surface area contributed by atoms with Crippen molar-refractivity contribution >= 4 is 16.5 Å². The number of fused-ring (bicyclic) bond motifs is 1. The lowest BCUT2D eigenvalue weighted by atomic mass is 10.2. The second-order valence-electron chi connectivity index (χ2n) is 6.83. The van der Waals surface area contributed by atoms with Crippen molar-refractivity contribution in [1.29, 1.82) is 0 Å². The van der Waals surface area contributed by atoms with Crippen LogP contribution in [0.4, 0.5) is 5.69 Å². The van der Waals surface area contributed by atoms with Crippen molar-refractivity contribution in [2.75, 3.05) is 38.2 Å². The minimum atomic E-state index is -0.0237. The number of anilines is 1. The Morgan fingerprint density at radius 3 is 2.63 bits per heavy atom. The summed E-state index contributed by atoms with van der Waals surface area (Å²) in [6.45, 7) is 4.30. The van der Waals surface area contributed by atoms with Crippen LogP contribution in [0, 0.1) is 0 Å².